The molecule has 0 aliphatic carbocycles. The highest BCUT2D eigenvalue weighted by molar-refractivity contribution is 5.90. The van der Waals surface area contributed by atoms with E-state index in [1.807, 2.05) is 30.3 Å². The number of piperidine rings is 1. The van der Waals surface area contributed by atoms with Crippen molar-refractivity contribution in [2.75, 3.05) is 25.0 Å². The summed E-state index contributed by atoms with van der Waals surface area (Å²) in [7, 11) is 0. The molecule has 1 aromatic carbocycles. The van der Waals surface area contributed by atoms with Gasteiger partial charge in [0, 0.05) is 25.2 Å². The molecule has 1 amide bonds. The summed E-state index contributed by atoms with van der Waals surface area (Å²) in [5.41, 5.74) is 0.791. The lowest BCUT2D eigenvalue weighted by Gasteiger charge is -2.30. The molecule has 1 heterocycles. The Bertz CT molecular complexity index is 467. The SMILES string of the molecule is Cl.O=C(CCN1CCCC(C(=O)O)C1)Nc1ccccc1. The molecule has 1 saturated heterocycles. The minimum Gasteiger partial charge on any atom is -0.481 e. The molecule has 1 aliphatic rings. The summed E-state index contributed by atoms with van der Waals surface area (Å²) in [6, 6.07) is 9.34. The largest absolute Gasteiger partial charge is 0.481 e. The van der Waals surface area contributed by atoms with Gasteiger partial charge in [-0.2, -0.15) is 0 Å². The van der Waals surface area contributed by atoms with E-state index in [0.29, 0.717) is 19.5 Å². The Morgan fingerprint density at radius 3 is 2.67 bits per heavy atom. The smallest absolute Gasteiger partial charge is 0.307 e. The molecule has 5 nitrogen and oxygen atoms in total. The summed E-state index contributed by atoms with van der Waals surface area (Å²) in [6.45, 7) is 2.04. The summed E-state index contributed by atoms with van der Waals surface area (Å²) in [5, 5.41) is 11.9. The van der Waals surface area contributed by atoms with Crippen molar-refractivity contribution in [1.82, 2.24) is 4.90 Å². The van der Waals surface area contributed by atoms with Crippen molar-refractivity contribution in [3.63, 3.8) is 0 Å². The van der Waals surface area contributed by atoms with Crippen LogP contribution >= 0.6 is 12.4 Å². The summed E-state index contributed by atoms with van der Waals surface area (Å²) >= 11 is 0. The average molecular weight is 313 g/mol. The van der Waals surface area contributed by atoms with Crippen LogP contribution in [0.1, 0.15) is 19.3 Å². The third-order valence-electron chi connectivity index (χ3n) is 3.57. The number of carbonyl (C=O) groups is 2. The second-order valence-electron chi connectivity index (χ2n) is 5.14. The van der Waals surface area contributed by atoms with Crippen molar-refractivity contribution in [1.29, 1.82) is 0 Å². The predicted molar refractivity (Wildman–Crippen MR) is 83.7 cm³/mol. The van der Waals surface area contributed by atoms with Crippen molar-refractivity contribution in [2.24, 2.45) is 5.92 Å². The number of aliphatic carboxylic acids is 1. The molecule has 1 fully saturated rings. The Balaban J connectivity index is 0.00000220. The van der Waals surface area contributed by atoms with Gasteiger partial charge < -0.3 is 15.3 Å². The van der Waals surface area contributed by atoms with E-state index in [-0.39, 0.29) is 24.2 Å². The van der Waals surface area contributed by atoms with E-state index >= 15 is 0 Å². The van der Waals surface area contributed by atoms with E-state index in [2.05, 4.69) is 10.2 Å². The van der Waals surface area contributed by atoms with Gasteiger partial charge in [0.1, 0.15) is 0 Å². The van der Waals surface area contributed by atoms with E-state index in [0.717, 1.165) is 25.1 Å². The monoisotopic (exact) mass is 312 g/mol. The van der Waals surface area contributed by atoms with Gasteiger partial charge in [-0.25, -0.2) is 0 Å². The van der Waals surface area contributed by atoms with Crippen molar-refractivity contribution < 1.29 is 14.7 Å². The zero-order chi connectivity index (χ0) is 14.4. The number of nitrogens with one attached hydrogen (secondary N) is 1. The molecular formula is C15H21ClN2O3. The first kappa shape index (κ1) is 17.5. The van der Waals surface area contributed by atoms with Crippen LogP contribution in [-0.2, 0) is 9.59 Å². The first-order chi connectivity index (χ1) is 9.65. The number of halogens is 1. The minimum absolute atomic E-state index is 0. The molecule has 6 heteroatoms. The molecule has 2 rings (SSSR count). The van der Waals surface area contributed by atoms with E-state index in [9.17, 15) is 9.59 Å². The van der Waals surface area contributed by atoms with Crippen LogP contribution in [0.5, 0.6) is 0 Å². The molecule has 1 aromatic rings. The van der Waals surface area contributed by atoms with Crippen molar-refractivity contribution in [2.45, 2.75) is 19.3 Å². The van der Waals surface area contributed by atoms with Gasteiger partial charge in [0.05, 0.1) is 5.92 Å². The van der Waals surface area contributed by atoms with Crippen LogP contribution in [0, 0.1) is 5.92 Å². The molecular weight excluding hydrogens is 292 g/mol. The molecule has 116 valence electrons. The lowest BCUT2D eigenvalue weighted by atomic mass is 9.98. The summed E-state index contributed by atoms with van der Waals surface area (Å²) in [6.07, 6.45) is 2.01. The Morgan fingerprint density at radius 1 is 1.29 bits per heavy atom. The number of hydrogen-bond donors (Lipinski definition) is 2. The second-order valence-corrected chi connectivity index (χ2v) is 5.14. The van der Waals surface area contributed by atoms with Gasteiger partial charge in [-0.3, -0.25) is 9.59 Å². The summed E-state index contributed by atoms with van der Waals surface area (Å²) < 4.78 is 0. The zero-order valence-corrected chi connectivity index (χ0v) is 12.6. The highest BCUT2D eigenvalue weighted by atomic mass is 35.5. The fourth-order valence-electron chi connectivity index (χ4n) is 2.46. The van der Waals surface area contributed by atoms with Crippen LogP contribution in [0.15, 0.2) is 30.3 Å². The number of para-hydroxylation sites is 1. The molecule has 0 radical (unpaired) electrons. The van der Waals surface area contributed by atoms with Crippen LogP contribution in [-0.4, -0.2) is 41.5 Å². The Hall–Kier alpha value is -1.59. The Labute approximate surface area is 130 Å². The Kier molecular flexibility index (Phi) is 7.19. The molecule has 0 saturated carbocycles. The van der Waals surface area contributed by atoms with Crippen molar-refractivity contribution in [3.8, 4) is 0 Å². The molecule has 21 heavy (non-hydrogen) atoms. The zero-order valence-electron chi connectivity index (χ0n) is 11.8. The molecule has 1 atom stereocenters. The van der Waals surface area contributed by atoms with E-state index in [1.54, 1.807) is 0 Å². The van der Waals surface area contributed by atoms with Gasteiger partial charge in [-0.1, -0.05) is 18.2 Å². The van der Waals surface area contributed by atoms with Crippen LogP contribution < -0.4 is 5.32 Å². The molecule has 0 spiro atoms. The average Bonchev–Trinajstić information content (AvgIpc) is 2.46. The van der Waals surface area contributed by atoms with Crippen molar-refractivity contribution >= 4 is 30.0 Å². The number of hydrogen-bond acceptors (Lipinski definition) is 3. The van der Waals surface area contributed by atoms with Gasteiger partial charge in [0.2, 0.25) is 5.91 Å². The van der Waals surface area contributed by atoms with Crippen LogP contribution in [0.3, 0.4) is 0 Å². The number of nitrogens with zero attached hydrogens (tertiary/aromatic N) is 1. The number of carbonyl (C=O) groups excluding carboxylic acids is 1. The quantitative estimate of drug-likeness (QED) is 0.875. The fraction of sp³-hybridized carbons (Fsp3) is 0.467. The van der Waals surface area contributed by atoms with Gasteiger partial charge >= 0.3 is 5.97 Å². The number of amides is 1. The highest BCUT2D eigenvalue weighted by Gasteiger charge is 2.25. The number of likely N-dealkylation sites (tertiary alicyclic amines) is 1. The first-order valence-corrected chi connectivity index (χ1v) is 6.95. The topological polar surface area (TPSA) is 69.6 Å². The van der Waals surface area contributed by atoms with E-state index in [4.69, 9.17) is 5.11 Å². The van der Waals surface area contributed by atoms with Gasteiger partial charge in [0.15, 0.2) is 0 Å². The number of benzene rings is 1. The third-order valence-corrected chi connectivity index (χ3v) is 3.57. The number of rotatable bonds is 5. The second kappa shape index (κ2) is 8.64. The molecule has 0 aromatic heterocycles. The molecule has 1 unspecified atom stereocenters. The molecule has 1 aliphatic heterocycles. The van der Waals surface area contributed by atoms with Crippen LogP contribution in [0.2, 0.25) is 0 Å². The standard InChI is InChI=1S/C15H20N2O3.ClH/c18-14(16-13-6-2-1-3-7-13)8-10-17-9-4-5-12(11-17)15(19)20;/h1-3,6-7,12H,4-5,8-11H2,(H,16,18)(H,19,20);1H. The minimum atomic E-state index is -0.733. The third kappa shape index (κ3) is 5.73. The summed E-state index contributed by atoms with van der Waals surface area (Å²) in [4.78, 5) is 24.9. The highest BCUT2D eigenvalue weighted by Crippen LogP contribution is 2.16. The maximum atomic E-state index is 11.8. The maximum Gasteiger partial charge on any atom is 0.307 e. The maximum absolute atomic E-state index is 11.8. The summed E-state index contributed by atoms with van der Waals surface area (Å²) in [5.74, 6) is -1.06. The van der Waals surface area contributed by atoms with Crippen LogP contribution in [0.25, 0.3) is 0 Å². The predicted octanol–water partition coefficient (Wildman–Crippen LogP) is 2.23. The number of carboxylic acids is 1. The first-order valence-electron chi connectivity index (χ1n) is 6.95. The molecule has 0 bridgehead atoms. The van der Waals surface area contributed by atoms with Crippen LogP contribution in [0.4, 0.5) is 5.69 Å². The van der Waals surface area contributed by atoms with Gasteiger partial charge in [-0.15, -0.1) is 12.4 Å². The van der Waals surface area contributed by atoms with Gasteiger partial charge in [-0.05, 0) is 31.5 Å². The van der Waals surface area contributed by atoms with E-state index in [1.165, 1.54) is 0 Å². The molecule has 2 N–H and O–H groups in total. The van der Waals surface area contributed by atoms with Gasteiger partial charge in [0.25, 0.3) is 0 Å². The lowest BCUT2D eigenvalue weighted by Crippen LogP contribution is -2.40. The normalized spacial score (nSPS) is 18.6. The fourth-order valence-corrected chi connectivity index (χ4v) is 2.46. The number of anilines is 1. The van der Waals surface area contributed by atoms with Crippen molar-refractivity contribution in [3.05, 3.63) is 30.3 Å². The van der Waals surface area contributed by atoms with E-state index < -0.39 is 5.97 Å². The lowest BCUT2D eigenvalue weighted by molar-refractivity contribution is -0.143. The Morgan fingerprint density at radius 2 is 2.00 bits per heavy atom. The number of carboxylic acid groups (broad SMARTS) is 1.